The zero-order valence-electron chi connectivity index (χ0n) is 19.8. The highest BCUT2D eigenvalue weighted by atomic mass is 35.5. The van der Waals surface area contributed by atoms with E-state index in [4.69, 9.17) is 21.3 Å². The van der Waals surface area contributed by atoms with Gasteiger partial charge >= 0.3 is 6.09 Å². The molecule has 7 nitrogen and oxygen atoms in total. The van der Waals surface area contributed by atoms with Crippen LogP contribution in [0.25, 0.3) is 11.0 Å². The van der Waals surface area contributed by atoms with Crippen molar-refractivity contribution in [2.24, 2.45) is 0 Å². The Hall–Kier alpha value is -3.06. The Morgan fingerprint density at radius 3 is 2.45 bits per heavy atom. The van der Waals surface area contributed by atoms with Gasteiger partial charge in [-0.15, -0.1) is 11.6 Å². The van der Waals surface area contributed by atoms with Gasteiger partial charge in [-0.3, -0.25) is 10.1 Å². The van der Waals surface area contributed by atoms with Crippen LogP contribution < -0.4 is 5.32 Å². The van der Waals surface area contributed by atoms with Crippen LogP contribution in [0.1, 0.15) is 56.1 Å². The van der Waals surface area contributed by atoms with Crippen LogP contribution in [0.4, 0.5) is 10.7 Å². The summed E-state index contributed by atoms with van der Waals surface area (Å²) in [5.41, 5.74) is 2.43. The minimum atomic E-state index is -0.588. The first kappa shape index (κ1) is 24.6. The van der Waals surface area contributed by atoms with Crippen molar-refractivity contribution in [2.75, 3.05) is 18.9 Å². The molecule has 0 aliphatic carbocycles. The van der Waals surface area contributed by atoms with Gasteiger partial charge in [0.15, 0.2) is 0 Å². The maximum absolute atomic E-state index is 12.9. The Morgan fingerprint density at radius 1 is 1.15 bits per heavy atom. The van der Waals surface area contributed by atoms with E-state index in [0.29, 0.717) is 30.4 Å². The third-order valence-corrected chi connectivity index (χ3v) is 5.51. The standard InChI is InChI=1S/C25H31ClN4O3/c1-6-19(16-29(5)24(32)33-25(2,3)4)30-21-18(15-26)13-10-14-20(21)27-23(30)28-22(31)17-11-8-7-9-12-17/h7-14,19H,6,15-16H2,1-5H3,(H,27,28,31). The van der Waals surface area contributed by atoms with Crippen molar-refractivity contribution in [2.45, 2.75) is 51.6 Å². The molecule has 0 aliphatic rings. The fourth-order valence-corrected chi connectivity index (χ4v) is 3.87. The Balaban J connectivity index is 2.01. The van der Waals surface area contributed by atoms with Crippen LogP contribution in [0.2, 0.25) is 0 Å². The van der Waals surface area contributed by atoms with E-state index in [1.165, 1.54) is 0 Å². The average molecular weight is 471 g/mol. The van der Waals surface area contributed by atoms with Gasteiger partial charge < -0.3 is 14.2 Å². The molecule has 2 aromatic carbocycles. The lowest BCUT2D eigenvalue weighted by atomic mass is 10.1. The summed E-state index contributed by atoms with van der Waals surface area (Å²) in [7, 11) is 1.71. The third-order valence-electron chi connectivity index (χ3n) is 5.23. The number of nitrogens with one attached hydrogen (secondary N) is 1. The number of alkyl halides is 1. The molecular weight excluding hydrogens is 440 g/mol. The number of aromatic nitrogens is 2. The number of rotatable bonds is 7. The number of carbonyl (C=O) groups excluding carboxylic acids is 2. The number of hydrogen-bond donors (Lipinski definition) is 1. The minimum Gasteiger partial charge on any atom is -0.444 e. The van der Waals surface area contributed by atoms with Gasteiger partial charge in [0.1, 0.15) is 5.60 Å². The van der Waals surface area contributed by atoms with Crippen molar-refractivity contribution in [1.82, 2.24) is 14.5 Å². The monoisotopic (exact) mass is 470 g/mol. The van der Waals surface area contributed by atoms with Crippen molar-refractivity contribution in [3.8, 4) is 0 Å². The maximum atomic E-state index is 12.9. The van der Waals surface area contributed by atoms with Crippen LogP contribution in [0.3, 0.4) is 0 Å². The van der Waals surface area contributed by atoms with Crippen LogP contribution in [0.5, 0.6) is 0 Å². The molecule has 1 heterocycles. The number of anilines is 1. The van der Waals surface area contributed by atoms with E-state index < -0.39 is 11.7 Å². The maximum Gasteiger partial charge on any atom is 0.410 e. The van der Waals surface area contributed by atoms with Gasteiger partial charge in [0.25, 0.3) is 5.91 Å². The number of halogens is 1. The first-order chi connectivity index (χ1) is 15.6. The number of imidazole rings is 1. The number of carbonyl (C=O) groups is 2. The van der Waals surface area contributed by atoms with Gasteiger partial charge in [0, 0.05) is 25.0 Å². The summed E-state index contributed by atoms with van der Waals surface area (Å²) >= 11 is 6.25. The highest BCUT2D eigenvalue weighted by Crippen LogP contribution is 2.31. The zero-order valence-corrected chi connectivity index (χ0v) is 20.5. The number of para-hydroxylation sites is 1. The topological polar surface area (TPSA) is 76.5 Å². The summed E-state index contributed by atoms with van der Waals surface area (Å²) in [6.07, 6.45) is 0.293. The number of likely N-dealkylation sites (N-methyl/N-ethyl adjacent to an activating group) is 1. The quantitative estimate of drug-likeness (QED) is 0.440. The lowest BCUT2D eigenvalue weighted by Gasteiger charge is -2.29. The third kappa shape index (κ3) is 5.85. The fraction of sp³-hybridized carbons (Fsp3) is 0.400. The number of fused-ring (bicyclic) bond motifs is 1. The summed E-state index contributed by atoms with van der Waals surface area (Å²) in [5.74, 6) is 0.462. The first-order valence-electron chi connectivity index (χ1n) is 11.0. The van der Waals surface area contributed by atoms with Crippen molar-refractivity contribution < 1.29 is 14.3 Å². The van der Waals surface area contributed by atoms with Gasteiger partial charge in [-0.05, 0) is 51.0 Å². The molecule has 33 heavy (non-hydrogen) atoms. The van der Waals surface area contributed by atoms with Crippen LogP contribution >= 0.6 is 11.6 Å². The van der Waals surface area contributed by atoms with Crippen molar-refractivity contribution >= 4 is 40.6 Å². The second-order valence-electron chi connectivity index (χ2n) is 8.97. The Kier molecular flexibility index (Phi) is 7.64. The molecule has 0 fully saturated rings. The van der Waals surface area contributed by atoms with Crippen LogP contribution in [0.15, 0.2) is 48.5 Å². The van der Waals surface area contributed by atoms with E-state index in [1.54, 1.807) is 24.1 Å². The minimum absolute atomic E-state index is 0.164. The Morgan fingerprint density at radius 2 is 1.85 bits per heavy atom. The van der Waals surface area contributed by atoms with Crippen molar-refractivity contribution in [1.29, 1.82) is 0 Å². The second-order valence-corrected chi connectivity index (χ2v) is 9.23. The Labute approximate surface area is 199 Å². The molecule has 1 aromatic heterocycles. The van der Waals surface area contributed by atoms with Gasteiger partial charge in [-0.1, -0.05) is 37.3 Å². The molecule has 3 aromatic rings. The highest BCUT2D eigenvalue weighted by Gasteiger charge is 2.26. The van der Waals surface area contributed by atoms with E-state index in [1.807, 2.05) is 68.7 Å². The van der Waals surface area contributed by atoms with Crippen molar-refractivity contribution in [3.05, 3.63) is 59.7 Å². The van der Waals surface area contributed by atoms with Crippen LogP contribution in [-0.4, -0.2) is 45.6 Å². The van der Waals surface area contributed by atoms with E-state index in [2.05, 4.69) is 5.32 Å². The van der Waals surface area contributed by atoms with E-state index in [-0.39, 0.29) is 11.9 Å². The van der Waals surface area contributed by atoms with Gasteiger partial charge in [-0.2, -0.15) is 0 Å². The molecule has 0 bridgehead atoms. The van der Waals surface area contributed by atoms with E-state index in [9.17, 15) is 9.59 Å². The predicted octanol–water partition coefficient (Wildman–Crippen LogP) is 5.85. The second kappa shape index (κ2) is 10.3. The summed E-state index contributed by atoms with van der Waals surface area (Å²) in [6.45, 7) is 7.92. The lowest BCUT2D eigenvalue weighted by Crippen LogP contribution is -2.37. The predicted molar refractivity (Wildman–Crippen MR) is 132 cm³/mol. The van der Waals surface area contributed by atoms with Gasteiger partial charge in [0.2, 0.25) is 5.95 Å². The lowest BCUT2D eigenvalue weighted by molar-refractivity contribution is 0.0276. The SMILES string of the molecule is CCC(CN(C)C(=O)OC(C)(C)C)n1c(NC(=O)c2ccccc2)nc2cccc(CCl)c21. The molecule has 8 heteroatoms. The number of ether oxygens (including phenoxy) is 1. The molecular formula is C25H31ClN4O3. The average Bonchev–Trinajstić information content (AvgIpc) is 3.14. The molecule has 0 saturated heterocycles. The molecule has 3 rings (SSSR count). The summed E-state index contributed by atoms with van der Waals surface area (Å²) < 4.78 is 7.50. The molecule has 0 spiro atoms. The molecule has 1 N–H and O–H groups in total. The van der Waals surface area contributed by atoms with Gasteiger partial charge in [-0.25, -0.2) is 9.78 Å². The number of hydrogen-bond acceptors (Lipinski definition) is 4. The Bertz CT molecular complexity index is 1120. The zero-order chi connectivity index (χ0) is 24.2. The molecule has 2 amide bonds. The van der Waals surface area contributed by atoms with E-state index >= 15 is 0 Å². The first-order valence-corrected chi connectivity index (χ1v) is 11.5. The normalized spacial score (nSPS) is 12.4. The molecule has 0 saturated carbocycles. The van der Waals surface area contributed by atoms with Crippen LogP contribution in [0, 0.1) is 0 Å². The summed E-state index contributed by atoms with van der Waals surface area (Å²) in [4.78, 5) is 31.8. The fourth-order valence-electron chi connectivity index (χ4n) is 3.66. The number of nitrogens with zero attached hydrogens (tertiary/aromatic N) is 3. The summed E-state index contributed by atoms with van der Waals surface area (Å²) in [6, 6.07) is 14.6. The number of benzene rings is 2. The van der Waals surface area contributed by atoms with Crippen LogP contribution in [-0.2, 0) is 10.6 Å². The molecule has 1 atom stereocenters. The highest BCUT2D eigenvalue weighted by molar-refractivity contribution is 6.18. The molecule has 1 unspecified atom stereocenters. The summed E-state index contributed by atoms with van der Waals surface area (Å²) in [5, 5.41) is 2.96. The van der Waals surface area contributed by atoms with Gasteiger partial charge in [0.05, 0.1) is 17.1 Å². The van der Waals surface area contributed by atoms with E-state index in [0.717, 1.165) is 16.6 Å². The molecule has 176 valence electrons. The number of amides is 2. The largest absolute Gasteiger partial charge is 0.444 e. The van der Waals surface area contributed by atoms with Crippen molar-refractivity contribution in [3.63, 3.8) is 0 Å². The smallest absolute Gasteiger partial charge is 0.410 e. The molecule has 0 radical (unpaired) electrons. The molecule has 0 aliphatic heterocycles.